The van der Waals surface area contributed by atoms with Crippen LogP contribution in [-0.2, 0) is 16.1 Å². The number of aromatic nitrogens is 1. The number of rotatable bonds is 4. The Morgan fingerprint density at radius 1 is 1.12 bits per heavy atom. The van der Waals surface area contributed by atoms with Crippen molar-refractivity contribution in [3.63, 3.8) is 0 Å². The summed E-state index contributed by atoms with van der Waals surface area (Å²) in [4.78, 5) is 25.7. The highest BCUT2D eigenvalue weighted by molar-refractivity contribution is 5.89. The van der Waals surface area contributed by atoms with Crippen LogP contribution in [0, 0.1) is 0 Å². The number of carbonyl (C=O) groups is 2. The zero-order valence-corrected chi connectivity index (χ0v) is 13.9. The maximum absolute atomic E-state index is 9.55. The van der Waals surface area contributed by atoms with E-state index in [0.29, 0.717) is 18.2 Å². The first-order valence-electron chi connectivity index (χ1n) is 7.91. The Morgan fingerprint density at radius 2 is 1.72 bits per heavy atom. The first-order chi connectivity index (χ1) is 12.0. The van der Waals surface area contributed by atoms with Crippen LogP contribution >= 0.6 is 0 Å². The maximum atomic E-state index is 9.55. The molecule has 2 N–H and O–H groups in total. The molecular formula is C19H20N2O4. The molecule has 3 rings (SSSR count). The SMILES string of the molecule is CCC1c2ccccc2CN1c1ccncc1.O=C(O)/C=C\C(=O)O. The molecule has 1 aliphatic rings. The van der Waals surface area contributed by atoms with Crippen LogP contribution in [-0.4, -0.2) is 27.1 Å². The number of benzene rings is 1. The first kappa shape index (κ1) is 18.2. The number of aliphatic carboxylic acids is 2. The number of carboxylic acids is 2. The van der Waals surface area contributed by atoms with Crippen molar-refractivity contribution in [3.05, 3.63) is 72.1 Å². The molecule has 2 heterocycles. The van der Waals surface area contributed by atoms with E-state index in [9.17, 15) is 9.59 Å². The lowest BCUT2D eigenvalue weighted by Crippen LogP contribution is -2.20. The van der Waals surface area contributed by atoms with Gasteiger partial charge in [-0.3, -0.25) is 4.98 Å². The van der Waals surface area contributed by atoms with E-state index in [0.717, 1.165) is 13.0 Å². The molecule has 1 aliphatic heterocycles. The van der Waals surface area contributed by atoms with Crippen molar-refractivity contribution in [1.82, 2.24) is 4.98 Å². The number of anilines is 1. The number of hydrogen-bond donors (Lipinski definition) is 2. The zero-order valence-electron chi connectivity index (χ0n) is 13.9. The van der Waals surface area contributed by atoms with Gasteiger partial charge in [-0.25, -0.2) is 9.59 Å². The van der Waals surface area contributed by atoms with Crippen LogP contribution in [0.5, 0.6) is 0 Å². The zero-order chi connectivity index (χ0) is 18.2. The molecular weight excluding hydrogens is 320 g/mol. The molecule has 0 bridgehead atoms. The van der Waals surface area contributed by atoms with Crippen molar-refractivity contribution in [2.45, 2.75) is 25.9 Å². The van der Waals surface area contributed by atoms with E-state index in [1.807, 2.05) is 12.4 Å². The molecule has 0 saturated carbocycles. The molecule has 6 heteroatoms. The Morgan fingerprint density at radius 3 is 2.28 bits per heavy atom. The van der Waals surface area contributed by atoms with E-state index in [1.165, 1.54) is 16.8 Å². The van der Waals surface area contributed by atoms with Crippen molar-refractivity contribution in [2.24, 2.45) is 0 Å². The molecule has 130 valence electrons. The predicted molar refractivity (Wildman–Crippen MR) is 94.3 cm³/mol. The summed E-state index contributed by atoms with van der Waals surface area (Å²) < 4.78 is 0. The van der Waals surface area contributed by atoms with Crippen LogP contribution in [0.25, 0.3) is 0 Å². The van der Waals surface area contributed by atoms with Crippen molar-refractivity contribution in [3.8, 4) is 0 Å². The quantitative estimate of drug-likeness (QED) is 0.830. The van der Waals surface area contributed by atoms with Gasteiger partial charge in [0.05, 0.1) is 6.04 Å². The van der Waals surface area contributed by atoms with E-state index in [1.54, 1.807) is 0 Å². The van der Waals surface area contributed by atoms with Crippen molar-refractivity contribution in [2.75, 3.05) is 4.90 Å². The molecule has 1 aromatic carbocycles. The molecule has 0 saturated heterocycles. The second-order valence-electron chi connectivity index (χ2n) is 5.47. The Hall–Kier alpha value is -3.15. The normalized spacial score (nSPS) is 15.4. The minimum atomic E-state index is -1.26. The molecule has 0 aliphatic carbocycles. The average Bonchev–Trinajstić information content (AvgIpc) is 3.00. The maximum Gasteiger partial charge on any atom is 0.328 e. The highest BCUT2D eigenvalue weighted by Gasteiger charge is 2.28. The third-order valence-electron chi connectivity index (χ3n) is 3.88. The lowest BCUT2D eigenvalue weighted by Gasteiger charge is -2.26. The average molecular weight is 340 g/mol. The van der Waals surface area contributed by atoms with Crippen LogP contribution in [0.2, 0.25) is 0 Å². The Balaban J connectivity index is 0.000000242. The Bertz CT molecular complexity index is 743. The second-order valence-corrected chi connectivity index (χ2v) is 5.47. The smallest absolute Gasteiger partial charge is 0.328 e. The third kappa shape index (κ3) is 4.91. The molecule has 0 amide bonds. The van der Waals surface area contributed by atoms with Gasteiger partial charge < -0.3 is 15.1 Å². The van der Waals surface area contributed by atoms with Crippen molar-refractivity contribution >= 4 is 17.6 Å². The topological polar surface area (TPSA) is 90.7 Å². The number of nitrogens with zero attached hydrogens (tertiary/aromatic N) is 2. The van der Waals surface area contributed by atoms with Crippen molar-refractivity contribution in [1.29, 1.82) is 0 Å². The second kappa shape index (κ2) is 8.63. The highest BCUT2D eigenvalue weighted by Crippen LogP contribution is 2.38. The fraction of sp³-hybridized carbons (Fsp3) is 0.211. The van der Waals surface area contributed by atoms with Crippen LogP contribution in [0.1, 0.15) is 30.5 Å². The van der Waals surface area contributed by atoms with Gasteiger partial charge in [0.1, 0.15) is 0 Å². The van der Waals surface area contributed by atoms with Gasteiger partial charge in [-0.2, -0.15) is 0 Å². The van der Waals surface area contributed by atoms with Gasteiger partial charge >= 0.3 is 11.9 Å². The molecule has 1 aromatic heterocycles. The van der Waals surface area contributed by atoms with Gasteiger partial charge in [-0.1, -0.05) is 31.2 Å². The van der Waals surface area contributed by atoms with E-state index in [4.69, 9.17) is 10.2 Å². The van der Waals surface area contributed by atoms with Crippen LogP contribution in [0.4, 0.5) is 5.69 Å². The van der Waals surface area contributed by atoms with E-state index < -0.39 is 11.9 Å². The molecule has 25 heavy (non-hydrogen) atoms. The molecule has 0 spiro atoms. The lowest BCUT2D eigenvalue weighted by atomic mass is 10.0. The molecule has 2 aromatic rings. The molecule has 1 unspecified atom stereocenters. The van der Waals surface area contributed by atoms with Gasteiger partial charge in [0.25, 0.3) is 0 Å². The standard InChI is InChI=1S/C15H16N2.C4H4O4/c1-2-15-14-6-4-3-5-12(14)11-17(15)13-7-9-16-10-8-13;5-3(6)1-2-4(7)8/h3-10,15H,2,11H2,1H3;1-2H,(H,5,6)(H,7,8)/b;2-1-. The Labute approximate surface area is 146 Å². The summed E-state index contributed by atoms with van der Waals surface area (Å²) in [7, 11) is 0. The highest BCUT2D eigenvalue weighted by atomic mass is 16.4. The van der Waals surface area contributed by atoms with Gasteiger partial charge in [0.2, 0.25) is 0 Å². The number of hydrogen-bond acceptors (Lipinski definition) is 4. The monoisotopic (exact) mass is 340 g/mol. The first-order valence-corrected chi connectivity index (χ1v) is 7.91. The summed E-state index contributed by atoms with van der Waals surface area (Å²) in [6.07, 6.45) is 5.99. The number of fused-ring (bicyclic) bond motifs is 1. The van der Waals surface area contributed by atoms with Crippen LogP contribution < -0.4 is 4.90 Å². The summed E-state index contributed by atoms with van der Waals surface area (Å²) >= 11 is 0. The summed E-state index contributed by atoms with van der Waals surface area (Å²) in [5.74, 6) is -2.51. The Kier molecular flexibility index (Phi) is 6.28. The largest absolute Gasteiger partial charge is 0.478 e. The summed E-state index contributed by atoms with van der Waals surface area (Å²) in [6.45, 7) is 3.26. The fourth-order valence-corrected chi connectivity index (χ4v) is 2.85. The summed E-state index contributed by atoms with van der Waals surface area (Å²) in [5.41, 5.74) is 4.20. The van der Waals surface area contributed by atoms with Gasteiger partial charge in [-0.15, -0.1) is 0 Å². The van der Waals surface area contributed by atoms with E-state index in [-0.39, 0.29) is 0 Å². The predicted octanol–water partition coefficient (Wildman–Crippen LogP) is 3.26. The van der Waals surface area contributed by atoms with Gasteiger partial charge in [0, 0.05) is 36.8 Å². The number of pyridine rings is 1. The third-order valence-corrected chi connectivity index (χ3v) is 3.88. The minimum Gasteiger partial charge on any atom is -0.478 e. The summed E-state index contributed by atoms with van der Waals surface area (Å²) in [5, 5.41) is 15.6. The van der Waals surface area contributed by atoms with Gasteiger partial charge in [-0.05, 0) is 29.7 Å². The van der Waals surface area contributed by atoms with Gasteiger partial charge in [0.15, 0.2) is 0 Å². The van der Waals surface area contributed by atoms with E-state index >= 15 is 0 Å². The lowest BCUT2D eigenvalue weighted by molar-refractivity contribution is -0.134. The molecule has 6 nitrogen and oxygen atoms in total. The molecule has 0 fully saturated rings. The molecule has 0 radical (unpaired) electrons. The minimum absolute atomic E-state index is 0.508. The summed E-state index contributed by atoms with van der Waals surface area (Å²) in [6, 6.07) is 13.4. The molecule has 1 atom stereocenters. The number of carboxylic acid groups (broad SMARTS) is 2. The fourth-order valence-electron chi connectivity index (χ4n) is 2.85. The van der Waals surface area contributed by atoms with E-state index in [2.05, 4.69) is 53.2 Å². The van der Waals surface area contributed by atoms with Crippen LogP contribution in [0.3, 0.4) is 0 Å². The van der Waals surface area contributed by atoms with Crippen molar-refractivity contribution < 1.29 is 19.8 Å². The van der Waals surface area contributed by atoms with Crippen LogP contribution in [0.15, 0.2) is 60.9 Å².